The lowest BCUT2D eigenvalue weighted by Crippen LogP contribution is -2.29. The van der Waals surface area contributed by atoms with Gasteiger partial charge in [0.1, 0.15) is 0 Å². The molecule has 0 aliphatic carbocycles. The summed E-state index contributed by atoms with van der Waals surface area (Å²) >= 11 is 0. The van der Waals surface area contributed by atoms with E-state index in [2.05, 4.69) is 10.3 Å². The number of rotatable bonds is 6. The molecule has 1 rings (SSSR count). The first-order chi connectivity index (χ1) is 8.43. The summed E-state index contributed by atoms with van der Waals surface area (Å²) in [7, 11) is 1.91. The Morgan fingerprint density at radius 2 is 2.06 bits per heavy atom. The van der Waals surface area contributed by atoms with Gasteiger partial charge in [-0.2, -0.15) is 13.2 Å². The zero-order valence-electron chi connectivity index (χ0n) is 10.6. The molecule has 0 saturated heterocycles. The predicted molar refractivity (Wildman–Crippen MR) is 64.1 cm³/mol. The Kier molecular flexibility index (Phi) is 5.55. The molecule has 1 aromatic rings. The molecule has 0 amide bonds. The maximum absolute atomic E-state index is 12.3. The summed E-state index contributed by atoms with van der Waals surface area (Å²) in [5.41, 5.74) is -0.0662. The van der Waals surface area contributed by atoms with Crippen LogP contribution in [0.15, 0.2) is 18.3 Å². The number of halogens is 3. The number of pyridine rings is 1. The quantitative estimate of drug-likeness (QED) is 0.795. The Morgan fingerprint density at radius 1 is 1.33 bits per heavy atom. The van der Waals surface area contributed by atoms with E-state index in [-0.39, 0.29) is 0 Å². The number of nitrogens with zero attached hydrogens (tertiary/aromatic N) is 2. The van der Waals surface area contributed by atoms with E-state index in [1.54, 1.807) is 0 Å². The molecule has 0 fully saturated rings. The maximum Gasteiger partial charge on any atom is 0.417 e. The smallest absolute Gasteiger partial charge is 0.316 e. The van der Waals surface area contributed by atoms with Crippen LogP contribution in [0.25, 0.3) is 0 Å². The zero-order chi connectivity index (χ0) is 13.6. The summed E-state index contributed by atoms with van der Waals surface area (Å²) in [5, 5.41) is 3.18. The van der Waals surface area contributed by atoms with Crippen molar-refractivity contribution >= 4 is 0 Å². The number of nitrogens with one attached hydrogen (secondary N) is 1. The van der Waals surface area contributed by atoms with Gasteiger partial charge in [-0.3, -0.25) is 9.88 Å². The lowest BCUT2D eigenvalue weighted by atomic mass is 10.2. The molecule has 18 heavy (non-hydrogen) atoms. The molecule has 0 aliphatic heterocycles. The maximum atomic E-state index is 12.3. The summed E-state index contributed by atoms with van der Waals surface area (Å²) in [5.74, 6) is 0. The van der Waals surface area contributed by atoms with Crippen LogP contribution in [0.4, 0.5) is 13.2 Å². The van der Waals surface area contributed by atoms with E-state index in [1.807, 2.05) is 18.9 Å². The zero-order valence-corrected chi connectivity index (χ0v) is 10.6. The highest BCUT2D eigenvalue weighted by Gasteiger charge is 2.30. The molecular weight excluding hydrogens is 243 g/mol. The van der Waals surface area contributed by atoms with Crippen molar-refractivity contribution in [2.45, 2.75) is 19.6 Å². The molecule has 0 unspecified atom stereocenters. The minimum Gasteiger partial charge on any atom is -0.316 e. The van der Waals surface area contributed by atoms with Crippen LogP contribution in [0.2, 0.25) is 0 Å². The van der Waals surface area contributed by atoms with Crippen molar-refractivity contribution in [3.8, 4) is 0 Å². The van der Waals surface area contributed by atoms with Crippen LogP contribution in [-0.4, -0.2) is 36.6 Å². The summed E-state index contributed by atoms with van der Waals surface area (Å²) in [4.78, 5) is 5.84. The van der Waals surface area contributed by atoms with Crippen LogP contribution in [0.1, 0.15) is 18.2 Å². The highest BCUT2D eigenvalue weighted by molar-refractivity contribution is 5.16. The molecule has 0 bridgehead atoms. The topological polar surface area (TPSA) is 28.2 Å². The number of likely N-dealkylation sites (N-methyl/N-ethyl adjacent to an activating group) is 2. The number of hydrogen-bond acceptors (Lipinski definition) is 3. The van der Waals surface area contributed by atoms with Crippen molar-refractivity contribution in [2.24, 2.45) is 0 Å². The van der Waals surface area contributed by atoms with Crippen molar-refractivity contribution < 1.29 is 13.2 Å². The summed E-state index contributed by atoms with van der Waals surface area (Å²) < 4.78 is 37.0. The fourth-order valence-electron chi connectivity index (χ4n) is 1.49. The normalized spacial score (nSPS) is 12.1. The monoisotopic (exact) mass is 261 g/mol. The first-order valence-electron chi connectivity index (χ1n) is 5.85. The minimum atomic E-state index is -4.32. The average molecular weight is 261 g/mol. The molecule has 1 N–H and O–H groups in total. The summed E-state index contributed by atoms with van der Waals surface area (Å²) in [6.45, 7) is 5.16. The Hall–Kier alpha value is -1.14. The van der Waals surface area contributed by atoms with Gasteiger partial charge < -0.3 is 5.32 Å². The Bertz CT molecular complexity index is 349. The second-order valence-electron chi connectivity index (χ2n) is 4.13. The van der Waals surface area contributed by atoms with Gasteiger partial charge in [0.15, 0.2) is 0 Å². The molecule has 102 valence electrons. The van der Waals surface area contributed by atoms with Crippen LogP contribution in [-0.2, 0) is 12.7 Å². The second kappa shape index (κ2) is 6.70. The standard InChI is InChI=1S/C12H18F3N3/c1-3-16-6-7-18(2)9-11-5-4-10(8-17-11)12(13,14)15/h4-5,8,16H,3,6-7,9H2,1-2H3. The molecule has 6 heteroatoms. The van der Waals surface area contributed by atoms with Gasteiger partial charge in [0.2, 0.25) is 0 Å². The Labute approximate surface area is 105 Å². The van der Waals surface area contributed by atoms with Gasteiger partial charge in [0.05, 0.1) is 11.3 Å². The summed E-state index contributed by atoms with van der Waals surface area (Å²) in [6.07, 6.45) is -3.43. The van der Waals surface area contributed by atoms with Crippen molar-refractivity contribution in [3.63, 3.8) is 0 Å². The lowest BCUT2D eigenvalue weighted by Gasteiger charge is -2.16. The van der Waals surface area contributed by atoms with Gasteiger partial charge in [0, 0.05) is 25.8 Å². The van der Waals surface area contributed by atoms with E-state index in [4.69, 9.17) is 0 Å². The average Bonchev–Trinajstić information content (AvgIpc) is 2.29. The number of alkyl halides is 3. The Balaban J connectivity index is 2.48. The molecular formula is C12H18F3N3. The fraction of sp³-hybridized carbons (Fsp3) is 0.583. The molecule has 0 radical (unpaired) electrons. The molecule has 0 spiro atoms. The Morgan fingerprint density at radius 3 is 2.56 bits per heavy atom. The van der Waals surface area contributed by atoms with Gasteiger partial charge in [-0.05, 0) is 25.7 Å². The third kappa shape index (κ3) is 5.01. The highest BCUT2D eigenvalue weighted by Crippen LogP contribution is 2.28. The van der Waals surface area contributed by atoms with Crippen LogP contribution >= 0.6 is 0 Å². The van der Waals surface area contributed by atoms with E-state index in [1.165, 1.54) is 6.07 Å². The minimum absolute atomic E-state index is 0.545. The predicted octanol–water partition coefficient (Wildman–Crippen LogP) is 2.14. The van der Waals surface area contributed by atoms with Crippen LogP contribution < -0.4 is 5.32 Å². The molecule has 0 saturated carbocycles. The van der Waals surface area contributed by atoms with Crippen molar-refractivity contribution in [3.05, 3.63) is 29.6 Å². The highest BCUT2D eigenvalue weighted by atomic mass is 19.4. The molecule has 0 aromatic carbocycles. The molecule has 1 aromatic heterocycles. The van der Waals surface area contributed by atoms with Gasteiger partial charge in [-0.1, -0.05) is 6.92 Å². The first-order valence-corrected chi connectivity index (χ1v) is 5.85. The molecule has 1 heterocycles. The fourth-order valence-corrected chi connectivity index (χ4v) is 1.49. The van der Waals surface area contributed by atoms with Gasteiger partial charge in [-0.25, -0.2) is 0 Å². The summed E-state index contributed by atoms with van der Waals surface area (Å²) in [6, 6.07) is 2.49. The number of aromatic nitrogens is 1. The van der Waals surface area contributed by atoms with E-state index < -0.39 is 11.7 Å². The van der Waals surface area contributed by atoms with E-state index in [0.717, 1.165) is 31.9 Å². The van der Waals surface area contributed by atoms with E-state index in [9.17, 15) is 13.2 Å². The van der Waals surface area contributed by atoms with Gasteiger partial charge in [0.25, 0.3) is 0 Å². The first kappa shape index (κ1) is 14.9. The van der Waals surface area contributed by atoms with Crippen LogP contribution in [0.3, 0.4) is 0 Å². The SMILES string of the molecule is CCNCCN(C)Cc1ccc(C(F)(F)F)cn1. The number of hydrogen-bond donors (Lipinski definition) is 1. The molecule has 0 atom stereocenters. The third-order valence-electron chi connectivity index (χ3n) is 2.50. The molecule has 3 nitrogen and oxygen atoms in total. The van der Waals surface area contributed by atoms with Crippen LogP contribution in [0.5, 0.6) is 0 Å². The van der Waals surface area contributed by atoms with Gasteiger partial charge in [-0.15, -0.1) is 0 Å². The van der Waals surface area contributed by atoms with E-state index >= 15 is 0 Å². The van der Waals surface area contributed by atoms with Crippen LogP contribution in [0, 0.1) is 0 Å². The third-order valence-corrected chi connectivity index (χ3v) is 2.50. The van der Waals surface area contributed by atoms with Crippen molar-refractivity contribution in [2.75, 3.05) is 26.7 Å². The second-order valence-corrected chi connectivity index (χ2v) is 4.13. The largest absolute Gasteiger partial charge is 0.417 e. The van der Waals surface area contributed by atoms with Crippen molar-refractivity contribution in [1.29, 1.82) is 0 Å². The molecule has 0 aliphatic rings. The lowest BCUT2D eigenvalue weighted by molar-refractivity contribution is -0.137. The van der Waals surface area contributed by atoms with Gasteiger partial charge >= 0.3 is 6.18 Å². The van der Waals surface area contributed by atoms with E-state index in [0.29, 0.717) is 12.2 Å². The van der Waals surface area contributed by atoms with Crippen molar-refractivity contribution in [1.82, 2.24) is 15.2 Å².